The SMILES string of the molecule is CCN(CC)C(=O)C1CCCN(C(=O)Nc2ccc(-n3ccnc3)cc2)C1. The lowest BCUT2D eigenvalue weighted by Gasteiger charge is -2.34. The number of piperidine rings is 1. The number of urea groups is 1. The van der Waals surface area contributed by atoms with Crippen LogP contribution in [0.2, 0.25) is 0 Å². The van der Waals surface area contributed by atoms with Gasteiger partial charge in [-0.2, -0.15) is 0 Å². The third-order valence-corrected chi connectivity index (χ3v) is 5.05. The second-order valence-electron chi connectivity index (χ2n) is 6.74. The van der Waals surface area contributed by atoms with Crippen LogP contribution in [0.1, 0.15) is 26.7 Å². The maximum atomic E-state index is 12.6. The Hall–Kier alpha value is -2.83. The van der Waals surface area contributed by atoms with Crippen molar-refractivity contribution in [1.29, 1.82) is 0 Å². The topological polar surface area (TPSA) is 70.5 Å². The molecule has 3 amide bonds. The first kappa shape index (κ1) is 18.9. The summed E-state index contributed by atoms with van der Waals surface area (Å²) in [5.74, 6) is 0.0511. The van der Waals surface area contributed by atoms with Gasteiger partial charge in [-0.25, -0.2) is 9.78 Å². The van der Waals surface area contributed by atoms with E-state index in [1.807, 2.05) is 53.8 Å². The fourth-order valence-electron chi connectivity index (χ4n) is 3.49. The average molecular weight is 369 g/mol. The summed E-state index contributed by atoms with van der Waals surface area (Å²) < 4.78 is 1.90. The number of likely N-dealkylation sites (tertiary alicyclic amines) is 1. The van der Waals surface area contributed by atoms with Crippen LogP contribution < -0.4 is 5.32 Å². The van der Waals surface area contributed by atoms with Gasteiger partial charge in [-0.15, -0.1) is 0 Å². The number of aromatic nitrogens is 2. The summed E-state index contributed by atoms with van der Waals surface area (Å²) >= 11 is 0. The number of amides is 3. The smallest absolute Gasteiger partial charge is 0.321 e. The van der Waals surface area contributed by atoms with Crippen molar-refractivity contribution in [2.75, 3.05) is 31.5 Å². The lowest BCUT2D eigenvalue weighted by molar-refractivity contribution is -0.136. The molecule has 1 unspecified atom stereocenters. The standard InChI is InChI=1S/C20H27N5O2/c1-3-23(4-2)19(26)16-6-5-12-24(14-16)20(27)22-17-7-9-18(10-8-17)25-13-11-21-15-25/h7-11,13,15-16H,3-6,12,14H2,1-2H3,(H,22,27). The van der Waals surface area contributed by atoms with Crippen LogP contribution in [-0.4, -0.2) is 57.5 Å². The van der Waals surface area contributed by atoms with Crippen molar-refractivity contribution in [3.63, 3.8) is 0 Å². The van der Waals surface area contributed by atoms with Crippen molar-refractivity contribution in [2.24, 2.45) is 5.92 Å². The summed E-state index contributed by atoms with van der Waals surface area (Å²) in [5.41, 5.74) is 1.72. The zero-order valence-electron chi connectivity index (χ0n) is 16.0. The number of benzene rings is 1. The number of imidazole rings is 1. The van der Waals surface area contributed by atoms with Gasteiger partial charge in [-0.3, -0.25) is 4.79 Å². The number of hydrogen-bond acceptors (Lipinski definition) is 3. The van der Waals surface area contributed by atoms with E-state index in [1.54, 1.807) is 17.4 Å². The Bertz CT molecular complexity index is 753. The van der Waals surface area contributed by atoms with Gasteiger partial charge in [-0.1, -0.05) is 0 Å². The molecule has 2 heterocycles. The number of nitrogens with one attached hydrogen (secondary N) is 1. The van der Waals surface area contributed by atoms with E-state index < -0.39 is 0 Å². The van der Waals surface area contributed by atoms with Gasteiger partial charge < -0.3 is 19.7 Å². The van der Waals surface area contributed by atoms with E-state index in [0.29, 0.717) is 26.2 Å². The van der Waals surface area contributed by atoms with E-state index in [9.17, 15) is 9.59 Å². The molecule has 7 heteroatoms. The molecular formula is C20H27N5O2. The van der Waals surface area contributed by atoms with Gasteiger partial charge in [0.15, 0.2) is 0 Å². The first-order valence-corrected chi connectivity index (χ1v) is 9.55. The molecular weight excluding hydrogens is 342 g/mol. The van der Waals surface area contributed by atoms with E-state index in [0.717, 1.165) is 24.2 Å². The molecule has 0 radical (unpaired) electrons. The highest BCUT2D eigenvalue weighted by Crippen LogP contribution is 2.20. The lowest BCUT2D eigenvalue weighted by Crippen LogP contribution is -2.47. The van der Waals surface area contributed by atoms with Crippen molar-refractivity contribution in [2.45, 2.75) is 26.7 Å². The van der Waals surface area contributed by atoms with Gasteiger partial charge >= 0.3 is 6.03 Å². The Morgan fingerprint density at radius 2 is 1.96 bits per heavy atom. The summed E-state index contributed by atoms with van der Waals surface area (Å²) in [6, 6.07) is 7.45. The molecule has 1 atom stereocenters. The van der Waals surface area contributed by atoms with Crippen LogP contribution in [0.3, 0.4) is 0 Å². The van der Waals surface area contributed by atoms with Crippen molar-refractivity contribution < 1.29 is 9.59 Å². The second kappa shape index (κ2) is 8.70. The molecule has 1 fully saturated rings. The Balaban J connectivity index is 1.59. The van der Waals surface area contributed by atoms with Crippen LogP contribution in [0.25, 0.3) is 5.69 Å². The highest BCUT2D eigenvalue weighted by atomic mass is 16.2. The molecule has 3 rings (SSSR count). The van der Waals surface area contributed by atoms with E-state index >= 15 is 0 Å². The van der Waals surface area contributed by atoms with Crippen LogP contribution in [0.4, 0.5) is 10.5 Å². The fourth-order valence-corrected chi connectivity index (χ4v) is 3.49. The Labute approximate surface area is 160 Å². The molecule has 0 aliphatic carbocycles. The highest BCUT2D eigenvalue weighted by Gasteiger charge is 2.30. The minimum absolute atomic E-state index is 0.104. The molecule has 27 heavy (non-hydrogen) atoms. The van der Waals surface area contributed by atoms with Crippen LogP contribution in [-0.2, 0) is 4.79 Å². The van der Waals surface area contributed by atoms with Gasteiger partial charge in [0.05, 0.1) is 12.2 Å². The summed E-state index contributed by atoms with van der Waals surface area (Å²) in [4.78, 5) is 32.9. The van der Waals surface area contributed by atoms with Gasteiger partial charge in [0.2, 0.25) is 5.91 Å². The molecule has 144 valence electrons. The molecule has 1 aromatic carbocycles. The molecule has 2 aromatic rings. The summed E-state index contributed by atoms with van der Waals surface area (Å²) in [7, 11) is 0. The summed E-state index contributed by atoms with van der Waals surface area (Å²) in [6.07, 6.45) is 7.02. The number of carbonyl (C=O) groups is 2. The zero-order chi connectivity index (χ0) is 19.2. The van der Waals surface area contributed by atoms with Crippen molar-refractivity contribution in [3.05, 3.63) is 43.0 Å². The van der Waals surface area contributed by atoms with Crippen molar-refractivity contribution in [1.82, 2.24) is 19.4 Å². The van der Waals surface area contributed by atoms with Crippen molar-refractivity contribution in [3.8, 4) is 5.69 Å². The van der Waals surface area contributed by atoms with Gasteiger partial charge in [-0.05, 0) is 51.0 Å². The molecule has 0 spiro atoms. The molecule has 0 bridgehead atoms. The van der Waals surface area contributed by atoms with Gasteiger partial charge in [0.25, 0.3) is 0 Å². The number of carbonyl (C=O) groups excluding carboxylic acids is 2. The van der Waals surface area contributed by atoms with Crippen LogP contribution in [0.5, 0.6) is 0 Å². The molecule has 1 saturated heterocycles. The normalized spacial score (nSPS) is 16.8. The molecule has 1 aromatic heterocycles. The van der Waals surface area contributed by atoms with E-state index in [2.05, 4.69) is 10.3 Å². The second-order valence-corrected chi connectivity index (χ2v) is 6.74. The molecule has 1 aliphatic heterocycles. The fraction of sp³-hybridized carbons (Fsp3) is 0.450. The Kier molecular flexibility index (Phi) is 6.11. The third-order valence-electron chi connectivity index (χ3n) is 5.05. The molecule has 1 N–H and O–H groups in total. The monoisotopic (exact) mass is 369 g/mol. The van der Waals surface area contributed by atoms with Crippen LogP contribution in [0, 0.1) is 5.92 Å². The number of rotatable bonds is 5. The number of anilines is 1. The maximum absolute atomic E-state index is 12.6. The quantitative estimate of drug-likeness (QED) is 0.881. The molecule has 1 aliphatic rings. The summed E-state index contributed by atoms with van der Waals surface area (Å²) in [6.45, 7) is 6.56. The predicted octanol–water partition coefficient (Wildman–Crippen LogP) is 2.98. The Morgan fingerprint density at radius 3 is 2.59 bits per heavy atom. The minimum atomic E-state index is -0.151. The number of hydrogen-bond donors (Lipinski definition) is 1. The van der Waals surface area contributed by atoms with Crippen molar-refractivity contribution >= 4 is 17.6 Å². The maximum Gasteiger partial charge on any atom is 0.321 e. The zero-order valence-corrected chi connectivity index (χ0v) is 16.0. The molecule has 7 nitrogen and oxygen atoms in total. The highest BCUT2D eigenvalue weighted by molar-refractivity contribution is 5.90. The van der Waals surface area contributed by atoms with Gasteiger partial charge in [0, 0.05) is 49.9 Å². The Morgan fingerprint density at radius 1 is 1.22 bits per heavy atom. The number of nitrogens with zero attached hydrogens (tertiary/aromatic N) is 4. The van der Waals surface area contributed by atoms with E-state index in [1.165, 1.54) is 0 Å². The largest absolute Gasteiger partial charge is 0.343 e. The molecule has 0 saturated carbocycles. The minimum Gasteiger partial charge on any atom is -0.343 e. The lowest BCUT2D eigenvalue weighted by atomic mass is 9.96. The third kappa shape index (κ3) is 4.48. The van der Waals surface area contributed by atoms with E-state index in [4.69, 9.17) is 0 Å². The van der Waals surface area contributed by atoms with E-state index in [-0.39, 0.29) is 17.9 Å². The van der Waals surface area contributed by atoms with Crippen LogP contribution in [0.15, 0.2) is 43.0 Å². The first-order valence-electron chi connectivity index (χ1n) is 9.55. The summed E-state index contributed by atoms with van der Waals surface area (Å²) in [5, 5.41) is 2.94. The average Bonchev–Trinajstić information content (AvgIpc) is 3.24. The van der Waals surface area contributed by atoms with Crippen LogP contribution >= 0.6 is 0 Å². The first-order chi connectivity index (χ1) is 13.1. The van der Waals surface area contributed by atoms with Gasteiger partial charge in [0.1, 0.15) is 0 Å². The predicted molar refractivity (Wildman–Crippen MR) is 105 cm³/mol.